The monoisotopic (exact) mass is 300 g/mol. The van der Waals surface area contributed by atoms with Crippen LogP contribution in [0.2, 0.25) is 5.02 Å². The summed E-state index contributed by atoms with van der Waals surface area (Å²) < 4.78 is 5.47. The lowest BCUT2D eigenvalue weighted by molar-refractivity contribution is -0.131. The lowest BCUT2D eigenvalue weighted by Gasteiger charge is -2.17. The van der Waals surface area contributed by atoms with Crippen LogP contribution in [0.25, 0.3) is 0 Å². The zero-order valence-corrected chi connectivity index (χ0v) is 12.6. The smallest absolute Gasteiger partial charge is 0.260 e. The SMILES string of the molecule is Cc1cc(Cl)ccc1OCC(=O)N(C)CCC(N)=S. The number of carbonyl (C=O) groups is 1. The van der Waals surface area contributed by atoms with Gasteiger partial charge in [-0.15, -0.1) is 0 Å². The molecule has 0 aromatic heterocycles. The molecule has 1 aromatic carbocycles. The van der Waals surface area contributed by atoms with E-state index in [4.69, 9.17) is 34.3 Å². The zero-order valence-electron chi connectivity index (χ0n) is 11.0. The van der Waals surface area contributed by atoms with Crippen molar-refractivity contribution in [3.63, 3.8) is 0 Å². The summed E-state index contributed by atoms with van der Waals surface area (Å²) in [4.78, 5) is 13.7. The summed E-state index contributed by atoms with van der Waals surface area (Å²) in [6.07, 6.45) is 0.511. The molecule has 1 amide bonds. The van der Waals surface area contributed by atoms with Gasteiger partial charge in [-0.25, -0.2) is 0 Å². The first-order valence-corrected chi connectivity index (χ1v) is 6.60. The standard InChI is InChI=1S/C13H17ClN2O2S/c1-9-7-10(14)3-4-11(9)18-8-13(17)16(2)6-5-12(15)19/h3-4,7H,5-6,8H2,1-2H3,(H2,15,19). The van der Waals surface area contributed by atoms with E-state index < -0.39 is 0 Å². The van der Waals surface area contributed by atoms with E-state index in [1.165, 1.54) is 0 Å². The normalized spacial score (nSPS) is 10.1. The average Bonchev–Trinajstić information content (AvgIpc) is 2.34. The summed E-state index contributed by atoms with van der Waals surface area (Å²) in [7, 11) is 1.69. The number of hydrogen-bond acceptors (Lipinski definition) is 3. The van der Waals surface area contributed by atoms with E-state index in [-0.39, 0.29) is 12.5 Å². The fraction of sp³-hybridized carbons (Fsp3) is 0.385. The molecule has 1 aromatic rings. The maximum absolute atomic E-state index is 11.8. The minimum Gasteiger partial charge on any atom is -0.483 e. The molecule has 0 unspecified atom stereocenters. The Balaban J connectivity index is 2.47. The lowest BCUT2D eigenvalue weighted by atomic mass is 10.2. The Labute approximate surface area is 123 Å². The first-order chi connectivity index (χ1) is 8.90. The maximum atomic E-state index is 11.8. The van der Waals surface area contributed by atoms with Gasteiger partial charge in [0.15, 0.2) is 6.61 Å². The van der Waals surface area contributed by atoms with Crippen LogP contribution in [0, 0.1) is 6.92 Å². The molecule has 0 aliphatic carbocycles. The predicted octanol–water partition coefficient (Wildman–Crippen LogP) is 2.16. The van der Waals surface area contributed by atoms with Gasteiger partial charge >= 0.3 is 0 Å². The van der Waals surface area contributed by atoms with Gasteiger partial charge in [0.1, 0.15) is 5.75 Å². The van der Waals surface area contributed by atoms with E-state index in [0.29, 0.717) is 28.7 Å². The number of amides is 1. The molecular formula is C13H17ClN2O2S. The van der Waals surface area contributed by atoms with Gasteiger partial charge in [0.25, 0.3) is 5.91 Å². The van der Waals surface area contributed by atoms with Gasteiger partial charge in [0.05, 0.1) is 4.99 Å². The number of likely N-dealkylation sites (N-methyl/N-ethyl adjacent to an activating group) is 1. The third-order valence-corrected chi connectivity index (χ3v) is 3.05. The number of hydrogen-bond donors (Lipinski definition) is 1. The van der Waals surface area contributed by atoms with E-state index in [0.717, 1.165) is 5.56 Å². The molecule has 19 heavy (non-hydrogen) atoms. The highest BCUT2D eigenvalue weighted by molar-refractivity contribution is 7.80. The summed E-state index contributed by atoms with van der Waals surface area (Å²) >= 11 is 10.6. The summed E-state index contributed by atoms with van der Waals surface area (Å²) in [5.41, 5.74) is 6.28. The maximum Gasteiger partial charge on any atom is 0.260 e. The number of nitrogens with zero attached hydrogens (tertiary/aromatic N) is 1. The van der Waals surface area contributed by atoms with E-state index in [9.17, 15) is 4.79 Å². The number of halogens is 1. The van der Waals surface area contributed by atoms with Crippen molar-refractivity contribution >= 4 is 34.7 Å². The quantitative estimate of drug-likeness (QED) is 0.818. The molecule has 0 saturated carbocycles. The van der Waals surface area contributed by atoms with Gasteiger partial charge < -0.3 is 15.4 Å². The number of carbonyl (C=O) groups excluding carboxylic acids is 1. The second kappa shape index (κ2) is 7.31. The van der Waals surface area contributed by atoms with Crippen molar-refractivity contribution in [1.29, 1.82) is 0 Å². The number of rotatable bonds is 6. The molecule has 1 rings (SSSR count). The fourth-order valence-corrected chi connectivity index (χ4v) is 1.74. The van der Waals surface area contributed by atoms with Crippen molar-refractivity contribution in [1.82, 2.24) is 4.90 Å². The van der Waals surface area contributed by atoms with Gasteiger partial charge in [-0.1, -0.05) is 23.8 Å². The molecule has 0 aliphatic heterocycles. The van der Waals surface area contributed by atoms with Crippen molar-refractivity contribution in [2.75, 3.05) is 20.2 Å². The lowest BCUT2D eigenvalue weighted by Crippen LogP contribution is -2.33. The molecule has 0 spiro atoms. The van der Waals surface area contributed by atoms with Crippen molar-refractivity contribution in [2.45, 2.75) is 13.3 Å². The fourth-order valence-electron chi connectivity index (χ4n) is 1.43. The van der Waals surface area contributed by atoms with Crippen molar-refractivity contribution in [2.24, 2.45) is 5.73 Å². The highest BCUT2D eigenvalue weighted by atomic mass is 35.5. The summed E-state index contributed by atoms with van der Waals surface area (Å²) in [5, 5.41) is 0.643. The van der Waals surface area contributed by atoms with Gasteiger partial charge in [-0.3, -0.25) is 4.79 Å². The van der Waals surface area contributed by atoms with Crippen LogP contribution in [-0.2, 0) is 4.79 Å². The van der Waals surface area contributed by atoms with Crippen molar-refractivity contribution in [3.05, 3.63) is 28.8 Å². The molecule has 104 valence electrons. The van der Waals surface area contributed by atoms with Crippen LogP contribution in [0.4, 0.5) is 0 Å². The molecule has 0 saturated heterocycles. The average molecular weight is 301 g/mol. The largest absolute Gasteiger partial charge is 0.483 e. The topological polar surface area (TPSA) is 55.6 Å². The number of ether oxygens (including phenoxy) is 1. The molecule has 0 fully saturated rings. The molecule has 0 aliphatic rings. The molecular weight excluding hydrogens is 284 g/mol. The Morgan fingerprint density at radius 3 is 2.79 bits per heavy atom. The Kier molecular flexibility index (Phi) is 6.05. The number of benzene rings is 1. The van der Waals surface area contributed by atoms with Crippen LogP contribution in [0.5, 0.6) is 5.75 Å². The van der Waals surface area contributed by atoms with Crippen molar-refractivity contribution < 1.29 is 9.53 Å². The molecule has 0 bridgehead atoms. The van der Waals surface area contributed by atoms with Gasteiger partial charge in [-0.05, 0) is 30.7 Å². The summed E-state index contributed by atoms with van der Waals surface area (Å²) in [5.74, 6) is 0.533. The van der Waals surface area contributed by atoms with E-state index in [1.807, 2.05) is 6.92 Å². The van der Waals surface area contributed by atoms with E-state index >= 15 is 0 Å². The third kappa shape index (κ3) is 5.44. The van der Waals surface area contributed by atoms with Crippen LogP contribution in [0.1, 0.15) is 12.0 Å². The van der Waals surface area contributed by atoms with Crippen LogP contribution in [0.3, 0.4) is 0 Å². The Morgan fingerprint density at radius 1 is 1.53 bits per heavy atom. The molecule has 2 N–H and O–H groups in total. The Morgan fingerprint density at radius 2 is 2.21 bits per heavy atom. The molecule has 4 nitrogen and oxygen atoms in total. The second-order valence-electron chi connectivity index (χ2n) is 4.23. The first kappa shape index (κ1) is 15.7. The Bertz CT molecular complexity index is 480. The number of nitrogens with two attached hydrogens (primary N) is 1. The predicted molar refractivity (Wildman–Crippen MR) is 80.7 cm³/mol. The molecule has 0 atom stereocenters. The van der Waals surface area contributed by atoms with Gasteiger partial charge in [0.2, 0.25) is 0 Å². The van der Waals surface area contributed by atoms with Crippen LogP contribution in [0.15, 0.2) is 18.2 Å². The van der Waals surface area contributed by atoms with E-state index in [2.05, 4.69) is 0 Å². The Hall–Kier alpha value is -1.33. The number of thiocarbonyl (C=S) groups is 1. The highest BCUT2D eigenvalue weighted by Crippen LogP contribution is 2.21. The molecule has 0 heterocycles. The molecule has 0 radical (unpaired) electrons. The minimum absolute atomic E-state index is 0.0176. The van der Waals surface area contributed by atoms with Crippen molar-refractivity contribution in [3.8, 4) is 5.75 Å². The first-order valence-electron chi connectivity index (χ1n) is 5.81. The minimum atomic E-state index is -0.120. The van der Waals surface area contributed by atoms with Gasteiger partial charge in [0, 0.05) is 25.0 Å². The second-order valence-corrected chi connectivity index (χ2v) is 5.19. The van der Waals surface area contributed by atoms with Crippen LogP contribution >= 0.6 is 23.8 Å². The number of aryl methyl sites for hydroxylation is 1. The third-order valence-electron chi connectivity index (χ3n) is 2.61. The van der Waals surface area contributed by atoms with Crippen LogP contribution < -0.4 is 10.5 Å². The van der Waals surface area contributed by atoms with Crippen LogP contribution in [-0.4, -0.2) is 36.0 Å². The summed E-state index contributed by atoms with van der Waals surface area (Å²) in [6.45, 7) is 2.36. The van der Waals surface area contributed by atoms with E-state index in [1.54, 1.807) is 30.1 Å². The summed E-state index contributed by atoms with van der Waals surface area (Å²) in [6, 6.07) is 5.27. The zero-order chi connectivity index (χ0) is 14.4. The molecule has 6 heteroatoms. The van der Waals surface area contributed by atoms with Gasteiger partial charge in [-0.2, -0.15) is 0 Å². The highest BCUT2D eigenvalue weighted by Gasteiger charge is 2.10.